The second-order valence-electron chi connectivity index (χ2n) is 5.29. The van der Waals surface area contributed by atoms with Gasteiger partial charge in [-0.1, -0.05) is 27.2 Å². The smallest absolute Gasteiger partial charge is 0.122 e. The third-order valence-electron chi connectivity index (χ3n) is 3.50. The van der Waals surface area contributed by atoms with Crippen molar-refractivity contribution in [2.24, 2.45) is 0 Å². The molecule has 90 valence electrons. The molecular weight excluding hydrogens is 186 g/mol. The first-order valence-electron chi connectivity index (χ1n) is 6.45. The summed E-state index contributed by atoms with van der Waals surface area (Å²) in [6.07, 6.45) is 4.73. The maximum absolute atomic E-state index is 6.27. The Bertz CT molecular complexity index is 197. The van der Waals surface area contributed by atoms with Gasteiger partial charge < -0.3 is 4.74 Å². The molecule has 0 amide bonds. The summed E-state index contributed by atoms with van der Waals surface area (Å²) in [7, 11) is 0. The quantitative estimate of drug-likeness (QED) is 0.694. The molecule has 1 aliphatic heterocycles. The molecule has 0 bridgehead atoms. The average Bonchev–Trinajstić information content (AvgIpc) is 2.47. The van der Waals surface area contributed by atoms with E-state index in [1.807, 2.05) is 0 Å². The molecule has 0 radical (unpaired) electrons. The summed E-state index contributed by atoms with van der Waals surface area (Å²) in [5.41, 5.74) is 0.0401. The zero-order chi connectivity index (χ0) is 11.5. The Morgan fingerprint density at radius 3 is 2.20 bits per heavy atom. The molecule has 0 aromatic carbocycles. The molecule has 1 aliphatic rings. The van der Waals surface area contributed by atoms with E-state index in [1.54, 1.807) is 0 Å². The van der Waals surface area contributed by atoms with Gasteiger partial charge in [-0.25, -0.2) is 0 Å². The van der Waals surface area contributed by atoms with E-state index in [9.17, 15) is 0 Å². The highest BCUT2D eigenvalue weighted by Crippen LogP contribution is 2.38. The van der Waals surface area contributed by atoms with Gasteiger partial charge in [0.2, 0.25) is 0 Å². The van der Waals surface area contributed by atoms with Gasteiger partial charge >= 0.3 is 0 Å². The largest absolute Gasteiger partial charge is 0.353 e. The molecule has 0 atom stereocenters. The molecule has 2 heteroatoms. The third-order valence-corrected chi connectivity index (χ3v) is 3.50. The fourth-order valence-electron chi connectivity index (χ4n) is 2.69. The summed E-state index contributed by atoms with van der Waals surface area (Å²) in [6, 6.07) is 0. The monoisotopic (exact) mass is 213 g/mol. The Morgan fingerprint density at radius 1 is 1.13 bits per heavy atom. The van der Waals surface area contributed by atoms with Crippen molar-refractivity contribution in [3.8, 4) is 0 Å². The molecule has 0 aromatic rings. The van der Waals surface area contributed by atoms with Crippen LogP contribution in [0.4, 0.5) is 0 Å². The zero-order valence-electron chi connectivity index (χ0n) is 11.1. The standard InChI is InChI=1S/C13H27NO/c1-6-9-10-14-11-12(4,5)15-13(14,7-2)8-3/h6-11H2,1-5H3. The van der Waals surface area contributed by atoms with Gasteiger partial charge in [0.1, 0.15) is 5.72 Å². The fraction of sp³-hybridized carbons (Fsp3) is 1.00. The Hall–Kier alpha value is -0.0800. The van der Waals surface area contributed by atoms with E-state index in [-0.39, 0.29) is 11.3 Å². The van der Waals surface area contributed by atoms with Crippen molar-refractivity contribution >= 4 is 0 Å². The zero-order valence-corrected chi connectivity index (χ0v) is 11.1. The van der Waals surface area contributed by atoms with E-state index in [1.165, 1.54) is 19.4 Å². The number of nitrogens with zero attached hydrogens (tertiary/aromatic N) is 1. The Morgan fingerprint density at radius 2 is 1.73 bits per heavy atom. The van der Waals surface area contributed by atoms with Crippen LogP contribution in [0, 0.1) is 0 Å². The predicted molar refractivity (Wildman–Crippen MR) is 65.0 cm³/mol. The van der Waals surface area contributed by atoms with E-state index >= 15 is 0 Å². The van der Waals surface area contributed by atoms with Crippen LogP contribution in [0.2, 0.25) is 0 Å². The molecule has 0 spiro atoms. The van der Waals surface area contributed by atoms with Gasteiger partial charge in [-0.15, -0.1) is 0 Å². The minimum atomic E-state index is 0.0126. The Balaban J connectivity index is 2.73. The van der Waals surface area contributed by atoms with Crippen molar-refractivity contribution in [2.75, 3.05) is 13.1 Å². The van der Waals surface area contributed by atoms with Crippen LogP contribution >= 0.6 is 0 Å². The van der Waals surface area contributed by atoms with Crippen LogP contribution in [0.1, 0.15) is 60.3 Å². The van der Waals surface area contributed by atoms with E-state index in [4.69, 9.17) is 4.74 Å². The molecule has 0 saturated carbocycles. The first-order chi connectivity index (χ1) is 6.99. The highest BCUT2D eigenvalue weighted by atomic mass is 16.6. The van der Waals surface area contributed by atoms with Crippen LogP contribution in [0.15, 0.2) is 0 Å². The molecule has 0 aromatic heterocycles. The SMILES string of the molecule is CCCCN1CC(C)(C)OC1(CC)CC. The van der Waals surface area contributed by atoms with E-state index in [0.717, 1.165) is 19.4 Å². The highest BCUT2D eigenvalue weighted by molar-refractivity contribution is 4.93. The number of hydrogen-bond acceptors (Lipinski definition) is 2. The van der Waals surface area contributed by atoms with Crippen LogP contribution < -0.4 is 0 Å². The maximum Gasteiger partial charge on any atom is 0.122 e. The van der Waals surface area contributed by atoms with Gasteiger partial charge in [0.25, 0.3) is 0 Å². The lowest BCUT2D eigenvalue weighted by molar-refractivity contribution is -0.134. The van der Waals surface area contributed by atoms with Gasteiger partial charge in [-0.2, -0.15) is 0 Å². The average molecular weight is 213 g/mol. The number of unbranched alkanes of at least 4 members (excludes halogenated alkanes) is 1. The second-order valence-corrected chi connectivity index (χ2v) is 5.29. The van der Waals surface area contributed by atoms with Crippen LogP contribution in [0.5, 0.6) is 0 Å². The second kappa shape index (κ2) is 4.84. The summed E-state index contributed by atoms with van der Waals surface area (Å²) in [6.45, 7) is 13.4. The summed E-state index contributed by atoms with van der Waals surface area (Å²) in [4.78, 5) is 2.55. The minimum absolute atomic E-state index is 0.0126. The van der Waals surface area contributed by atoms with Crippen LogP contribution in [-0.4, -0.2) is 29.3 Å². The van der Waals surface area contributed by atoms with E-state index in [2.05, 4.69) is 39.5 Å². The third kappa shape index (κ3) is 2.73. The lowest BCUT2D eigenvalue weighted by Crippen LogP contribution is -2.44. The molecular formula is C13H27NO. The normalized spacial score (nSPS) is 24.6. The molecule has 1 saturated heterocycles. The van der Waals surface area contributed by atoms with Gasteiger partial charge in [-0.3, -0.25) is 4.90 Å². The van der Waals surface area contributed by atoms with Crippen molar-refractivity contribution in [1.29, 1.82) is 0 Å². The van der Waals surface area contributed by atoms with E-state index in [0.29, 0.717) is 0 Å². The van der Waals surface area contributed by atoms with Crippen molar-refractivity contribution in [1.82, 2.24) is 4.90 Å². The molecule has 0 unspecified atom stereocenters. The topological polar surface area (TPSA) is 12.5 Å². The molecule has 0 N–H and O–H groups in total. The Kier molecular flexibility index (Phi) is 4.19. The van der Waals surface area contributed by atoms with Crippen molar-refractivity contribution in [3.63, 3.8) is 0 Å². The first-order valence-corrected chi connectivity index (χ1v) is 6.45. The lowest BCUT2D eigenvalue weighted by Gasteiger charge is -2.36. The van der Waals surface area contributed by atoms with Crippen molar-refractivity contribution in [2.45, 2.75) is 71.6 Å². The molecule has 1 fully saturated rings. The minimum Gasteiger partial charge on any atom is -0.353 e. The molecule has 15 heavy (non-hydrogen) atoms. The summed E-state index contributed by atoms with van der Waals surface area (Å²) in [5, 5.41) is 0. The Labute approximate surface area is 95.0 Å². The van der Waals surface area contributed by atoms with Crippen LogP contribution in [-0.2, 0) is 4.74 Å². The summed E-state index contributed by atoms with van der Waals surface area (Å²) >= 11 is 0. The van der Waals surface area contributed by atoms with Gasteiger partial charge in [0, 0.05) is 13.1 Å². The summed E-state index contributed by atoms with van der Waals surface area (Å²) in [5.74, 6) is 0. The number of hydrogen-bond donors (Lipinski definition) is 0. The highest BCUT2D eigenvalue weighted by Gasteiger charge is 2.47. The number of rotatable bonds is 5. The molecule has 2 nitrogen and oxygen atoms in total. The van der Waals surface area contributed by atoms with Crippen molar-refractivity contribution in [3.05, 3.63) is 0 Å². The summed E-state index contributed by atoms with van der Waals surface area (Å²) < 4.78 is 6.27. The molecule has 0 aliphatic carbocycles. The fourth-order valence-corrected chi connectivity index (χ4v) is 2.69. The van der Waals surface area contributed by atoms with Crippen LogP contribution in [0.25, 0.3) is 0 Å². The predicted octanol–water partition coefficient (Wildman–Crippen LogP) is 3.41. The lowest BCUT2D eigenvalue weighted by atomic mass is 10.1. The van der Waals surface area contributed by atoms with Gasteiger partial charge in [0.05, 0.1) is 5.60 Å². The maximum atomic E-state index is 6.27. The molecule has 1 heterocycles. The molecule has 1 rings (SSSR count). The van der Waals surface area contributed by atoms with Gasteiger partial charge in [-0.05, 0) is 33.1 Å². The number of ether oxygens (including phenoxy) is 1. The van der Waals surface area contributed by atoms with Crippen LogP contribution in [0.3, 0.4) is 0 Å². The van der Waals surface area contributed by atoms with Gasteiger partial charge in [0.15, 0.2) is 0 Å². The van der Waals surface area contributed by atoms with E-state index < -0.39 is 0 Å². The van der Waals surface area contributed by atoms with Crippen molar-refractivity contribution < 1.29 is 4.74 Å². The first kappa shape index (κ1) is 13.0.